The van der Waals surface area contributed by atoms with Gasteiger partial charge in [0.2, 0.25) is 5.91 Å². The van der Waals surface area contributed by atoms with E-state index in [-0.39, 0.29) is 11.6 Å². The van der Waals surface area contributed by atoms with Crippen molar-refractivity contribution < 1.29 is 9.18 Å². The molecule has 3 N–H and O–H groups in total. The third kappa shape index (κ3) is 4.70. The first-order valence-corrected chi connectivity index (χ1v) is 7.65. The Morgan fingerprint density at radius 2 is 2.33 bits per heavy atom. The van der Waals surface area contributed by atoms with Crippen molar-refractivity contribution in [3.8, 4) is 0 Å². The summed E-state index contributed by atoms with van der Waals surface area (Å²) in [6, 6.07) is 4.00. The van der Waals surface area contributed by atoms with E-state index in [0.29, 0.717) is 12.1 Å². The second-order valence-electron chi connectivity index (χ2n) is 5.75. The van der Waals surface area contributed by atoms with E-state index in [1.165, 1.54) is 31.0 Å². The van der Waals surface area contributed by atoms with Crippen LogP contribution in [0.3, 0.4) is 0 Å². The number of nitrogen functional groups attached to an aromatic ring is 1. The molecule has 5 heteroatoms. The molecule has 0 saturated carbocycles. The molecule has 0 spiro atoms. The van der Waals surface area contributed by atoms with Crippen molar-refractivity contribution in [1.82, 2.24) is 4.90 Å². The van der Waals surface area contributed by atoms with Crippen molar-refractivity contribution in [3.63, 3.8) is 0 Å². The van der Waals surface area contributed by atoms with Crippen LogP contribution in [0.25, 0.3) is 0 Å². The molecule has 1 fully saturated rings. The lowest BCUT2D eigenvalue weighted by Crippen LogP contribution is -2.23. The number of nitrogens with zero attached hydrogens (tertiary/aromatic N) is 1. The molecule has 1 atom stereocenters. The van der Waals surface area contributed by atoms with Gasteiger partial charge in [-0.15, -0.1) is 0 Å². The minimum absolute atomic E-state index is 0.0699. The molecule has 2 rings (SSSR count). The van der Waals surface area contributed by atoms with Gasteiger partial charge in [0.15, 0.2) is 0 Å². The summed E-state index contributed by atoms with van der Waals surface area (Å²) in [7, 11) is 0. The zero-order valence-electron chi connectivity index (χ0n) is 12.6. The van der Waals surface area contributed by atoms with E-state index < -0.39 is 5.82 Å². The SMILES string of the molecule is CCC1CCN(CCCC(=O)Nc2ccc(F)cc2N)C1. The van der Waals surface area contributed by atoms with Crippen LogP contribution < -0.4 is 11.1 Å². The zero-order chi connectivity index (χ0) is 15.2. The first kappa shape index (κ1) is 15.8. The van der Waals surface area contributed by atoms with Gasteiger partial charge in [-0.2, -0.15) is 0 Å². The molecule has 21 heavy (non-hydrogen) atoms. The number of hydrogen-bond donors (Lipinski definition) is 2. The van der Waals surface area contributed by atoms with E-state index in [1.54, 1.807) is 0 Å². The van der Waals surface area contributed by atoms with Crippen LogP contribution in [0, 0.1) is 11.7 Å². The summed E-state index contributed by atoms with van der Waals surface area (Å²) in [6.07, 6.45) is 3.81. The number of likely N-dealkylation sites (tertiary alicyclic amines) is 1. The topological polar surface area (TPSA) is 58.4 Å². The zero-order valence-corrected chi connectivity index (χ0v) is 12.6. The summed E-state index contributed by atoms with van der Waals surface area (Å²) in [5, 5.41) is 2.73. The standard InChI is InChI=1S/C16H24FN3O/c1-2-12-7-9-20(11-12)8-3-4-16(21)19-15-6-5-13(17)10-14(15)18/h5-6,10,12H,2-4,7-9,11,18H2,1H3,(H,19,21). The molecule has 1 aromatic rings. The number of carbonyl (C=O) groups excluding carboxylic acids is 1. The van der Waals surface area contributed by atoms with Crippen LogP contribution >= 0.6 is 0 Å². The molecule has 1 aliphatic rings. The normalized spacial score (nSPS) is 18.9. The second-order valence-corrected chi connectivity index (χ2v) is 5.75. The largest absolute Gasteiger partial charge is 0.397 e. The summed E-state index contributed by atoms with van der Waals surface area (Å²) in [5.41, 5.74) is 6.40. The number of anilines is 2. The lowest BCUT2D eigenvalue weighted by atomic mass is 10.1. The van der Waals surface area contributed by atoms with Gasteiger partial charge < -0.3 is 16.0 Å². The number of halogens is 1. The average molecular weight is 293 g/mol. The van der Waals surface area contributed by atoms with Gasteiger partial charge in [0.25, 0.3) is 0 Å². The molecule has 1 aliphatic heterocycles. The quantitative estimate of drug-likeness (QED) is 0.793. The van der Waals surface area contributed by atoms with Crippen molar-refractivity contribution in [1.29, 1.82) is 0 Å². The molecular weight excluding hydrogens is 269 g/mol. The smallest absolute Gasteiger partial charge is 0.224 e. The van der Waals surface area contributed by atoms with Crippen LogP contribution in [0.1, 0.15) is 32.6 Å². The molecule has 0 aromatic heterocycles. The molecule has 1 aromatic carbocycles. The van der Waals surface area contributed by atoms with Crippen LogP contribution in [-0.4, -0.2) is 30.4 Å². The number of carbonyl (C=O) groups is 1. The molecule has 0 radical (unpaired) electrons. The number of nitrogens with one attached hydrogen (secondary N) is 1. The van der Waals surface area contributed by atoms with Gasteiger partial charge in [-0.1, -0.05) is 13.3 Å². The molecule has 0 bridgehead atoms. The van der Waals surface area contributed by atoms with Crippen LogP contribution in [0.2, 0.25) is 0 Å². The lowest BCUT2D eigenvalue weighted by molar-refractivity contribution is -0.116. The summed E-state index contributed by atoms with van der Waals surface area (Å²) in [5.74, 6) is 0.349. The summed E-state index contributed by atoms with van der Waals surface area (Å²) >= 11 is 0. The lowest BCUT2D eigenvalue weighted by Gasteiger charge is -2.15. The maximum atomic E-state index is 12.9. The molecule has 4 nitrogen and oxygen atoms in total. The van der Waals surface area contributed by atoms with E-state index in [2.05, 4.69) is 17.1 Å². The highest BCUT2D eigenvalue weighted by molar-refractivity contribution is 5.93. The van der Waals surface area contributed by atoms with Crippen molar-refractivity contribution in [3.05, 3.63) is 24.0 Å². The first-order chi connectivity index (χ1) is 10.1. The number of benzene rings is 1. The number of hydrogen-bond acceptors (Lipinski definition) is 3. The molecule has 0 aliphatic carbocycles. The van der Waals surface area contributed by atoms with Crippen LogP contribution in [0.5, 0.6) is 0 Å². The minimum Gasteiger partial charge on any atom is -0.397 e. The summed E-state index contributed by atoms with van der Waals surface area (Å²) in [4.78, 5) is 14.3. The van der Waals surface area contributed by atoms with Gasteiger partial charge in [0.1, 0.15) is 5.82 Å². The fourth-order valence-corrected chi connectivity index (χ4v) is 2.77. The Morgan fingerprint density at radius 1 is 1.52 bits per heavy atom. The van der Waals surface area contributed by atoms with Crippen molar-refractivity contribution >= 4 is 17.3 Å². The maximum Gasteiger partial charge on any atom is 0.224 e. The van der Waals surface area contributed by atoms with Crippen LogP contribution in [0.15, 0.2) is 18.2 Å². The Morgan fingerprint density at radius 3 is 3.00 bits per heavy atom. The van der Waals surface area contributed by atoms with Crippen molar-refractivity contribution in [2.45, 2.75) is 32.6 Å². The van der Waals surface area contributed by atoms with Crippen molar-refractivity contribution in [2.75, 3.05) is 30.7 Å². The third-order valence-electron chi connectivity index (χ3n) is 4.11. The number of amides is 1. The van der Waals surface area contributed by atoms with E-state index in [9.17, 15) is 9.18 Å². The van der Waals surface area contributed by atoms with E-state index >= 15 is 0 Å². The highest BCUT2D eigenvalue weighted by Crippen LogP contribution is 2.20. The van der Waals surface area contributed by atoms with Gasteiger partial charge in [0.05, 0.1) is 11.4 Å². The maximum absolute atomic E-state index is 12.9. The van der Waals surface area contributed by atoms with Gasteiger partial charge in [0, 0.05) is 13.0 Å². The molecule has 1 saturated heterocycles. The molecular formula is C16H24FN3O. The molecule has 1 unspecified atom stereocenters. The Bertz CT molecular complexity index is 492. The van der Waals surface area contributed by atoms with Gasteiger partial charge in [-0.05, 0) is 50.0 Å². The first-order valence-electron chi connectivity index (χ1n) is 7.65. The molecule has 116 valence electrons. The summed E-state index contributed by atoms with van der Waals surface area (Å²) < 4.78 is 12.9. The van der Waals surface area contributed by atoms with Gasteiger partial charge in [-0.25, -0.2) is 4.39 Å². The Labute approximate surface area is 125 Å². The fraction of sp³-hybridized carbons (Fsp3) is 0.562. The Balaban J connectivity index is 1.70. The second kappa shape index (κ2) is 7.41. The van der Waals surface area contributed by atoms with Crippen LogP contribution in [-0.2, 0) is 4.79 Å². The van der Waals surface area contributed by atoms with E-state index in [1.807, 2.05) is 0 Å². The monoisotopic (exact) mass is 293 g/mol. The molecule has 1 heterocycles. The Kier molecular flexibility index (Phi) is 5.56. The third-order valence-corrected chi connectivity index (χ3v) is 4.11. The van der Waals surface area contributed by atoms with Gasteiger partial charge >= 0.3 is 0 Å². The predicted octanol–water partition coefficient (Wildman–Crippen LogP) is 2.86. The number of nitrogens with two attached hydrogens (primary N) is 1. The summed E-state index contributed by atoms with van der Waals surface area (Å²) in [6.45, 7) is 5.49. The predicted molar refractivity (Wildman–Crippen MR) is 83.5 cm³/mol. The van der Waals surface area contributed by atoms with Crippen LogP contribution in [0.4, 0.5) is 15.8 Å². The van der Waals surface area contributed by atoms with Gasteiger partial charge in [-0.3, -0.25) is 4.79 Å². The fourth-order valence-electron chi connectivity index (χ4n) is 2.77. The van der Waals surface area contributed by atoms with E-state index in [0.717, 1.165) is 32.0 Å². The average Bonchev–Trinajstić information content (AvgIpc) is 2.90. The highest BCUT2D eigenvalue weighted by Gasteiger charge is 2.20. The Hall–Kier alpha value is -1.62. The van der Waals surface area contributed by atoms with Crippen molar-refractivity contribution in [2.24, 2.45) is 5.92 Å². The van der Waals surface area contributed by atoms with E-state index in [4.69, 9.17) is 5.73 Å². The minimum atomic E-state index is -0.398. The highest BCUT2D eigenvalue weighted by atomic mass is 19.1. The number of rotatable bonds is 6. The molecule has 1 amide bonds.